The predicted molar refractivity (Wildman–Crippen MR) is 119 cm³/mol. The first-order valence-corrected chi connectivity index (χ1v) is 10.7. The number of rotatable bonds is 4. The molecule has 1 aromatic heterocycles. The second kappa shape index (κ2) is 9.10. The Hall–Kier alpha value is -3.60. The van der Waals surface area contributed by atoms with E-state index in [1.54, 1.807) is 36.4 Å². The number of hydrogen-bond donors (Lipinski definition) is 1. The summed E-state index contributed by atoms with van der Waals surface area (Å²) in [5.41, 5.74) is 1.17. The number of fused-ring (bicyclic) bond motifs is 1. The molecular weight excluding hydrogens is 429 g/mol. The molecule has 170 valence electrons. The smallest absolute Gasteiger partial charge is 0.433 e. The third-order valence-electron chi connectivity index (χ3n) is 5.84. The number of aliphatic imine (C=N–C) groups is 1. The molecule has 2 aromatic carbocycles. The molecule has 0 spiro atoms. The van der Waals surface area contributed by atoms with E-state index in [1.807, 2.05) is 19.1 Å². The van der Waals surface area contributed by atoms with Crippen LogP contribution in [0.15, 0.2) is 53.5 Å². The van der Waals surface area contributed by atoms with Gasteiger partial charge < -0.3 is 10.4 Å². The number of aryl methyl sites for hydroxylation is 1. The number of halogens is 3. The molecule has 8 heteroatoms. The molecule has 3 aromatic rings. The molecule has 4 rings (SSSR count). The standard InChI is InChI=1S/C25H23F3N4O/c1-15-9-10-21-20(11-15)22(13-23(32-21)25(26,27)28)30-17-6-4-7-18(12-17)31-24(33)19-8-3-2-5-16(19)14-29/h2-3,5,8-11,13,17-18H,4,6-7,12H2,1H3,(H,30,32)(H,31,33)/p-1/t17-,18?/m0/s1. The molecule has 0 aliphatic heterocycles. The van der Waals surface area contributed by atoms with Gasteiger partial charge in [-0.1, -0.05) is 29.8 Å². The van der Waals surface area contributed by atoms with Gasteiger partial charge in [-0.2, -0.15) is 18.4 Å². The van der Waals surface area contributed by atoms with Gasteiger partial charge in [-0.3, -0.25) is 4.99 Å². The van der Waals surface area contributed by atoms with Crippen LogP contribution in [-0.4, -0.2) is 23.0 Å². The van der Waals surface area contributed by atoms with Crippen molar-refractivity contribution in [1.29, 1.82) is 5.26 Å². The van der Waals surface area contributed by atoms with Crippen LogP contribution in [0.25, 0.3) is 10.9 Å². The number of hydrogen-bond acceptors (Lipinski definition) is 5. The lowest BCUT2D eigenvalue weighted by atomic mass is 9.91. The van der Waals surface area contributed by atoms with Crippen molar-refractivity contribution >= 4 is 22.5 Å². The number of anilines is 1. The van der Waals surface area contributed by atoms with Crippen LogP contribution in [0, 0.1) is 18.3 Å². The van der Waals surface area contributed by atoms with Crippen LogP contribution in [0.1, 0.15) is 48.1 Å². The normalized spacial score (nSPS) is 19.3. The molecule has 33 heavy (non-hydrogen) atoms. The van der Waals surface area contributed by atoms with E-state index in [0.29, 0.717) is 23.9 Å². The molecule has 2 atom stereocenters. The zero-order valence-corrected chi connectivity index (χ0v) is 18.0. The zero-order valence-electron chi connectivity index (χ0n) is 18.0. The summed E-state index contributed by atoms with van der Waals surface area (Å²) in [6.07, 6.45) is -1.79. The topological polar surface area (TPSA) is 84.1 Å². The van der Waals surface area contributed by atoms with Gasteiger partial charge in [0.15, 0.2) is 0 Å². The Morgan fingerprint density at radius 1 is 1.18 bits per heavy atom. The summed E-state index contributed by atoms with van der Waals surface area (Å²) in [6.45, 7) is 1.88. The van der Waals surface area contributed by atoms with Crippen molar-refractivity contribution in [3.63, 3.8) is 0 Å². The van der Waals surface area contributed by atoms with Crippen LogP contribution < -0.4 is 10.4 Å². The molecule has 1 unspecified atom stereocenters. The molecule has 1 N–H and O–H groups in total. The molecule has 5 nitrogen and oxygen atoms in total. The minimum Gasteiger partial charge on any atom is -0.858 e. The first kappa shape index (κ1) is 22.6. The van der Waals surface area contributed by atoms with Gasteiger partial charge in [-0.05, 0) is 62.8 Å². The van der Waals surface area contributed by atoms with Crippen molar-refractivity contribution in [2.75, 3.05) is 5.32 Å². The lowest BCUT2D eigenvalue weighted by Crippen LogP contribution is -2.32. The number of aromatic nitrogens is 1. The quantitative estimate of drug-likeness (QED) is 0.449. The molecule has 1 saturated carbocycles. The van der Waals surface area contributed by atoms with E-state index >= 15 is 0 Å². The summed E-state index contributed by atoms with van der Waals surface area (Å²) in [5.74, 6) is -0.442. The van der Waals surface area contributed by atoms with Gasteiger partial charge in [-0.15, -0.1) is 0 Å². The highest BCUT2D eigenvalue weighted by molar-refractivity contribution is 5.93. The van der Waals surface area contributed by atoms with Crippen LogP contribution in [0.2, 0.25) is 0 Å². The Morgan fingerprint density at radius 2 is 1.97 bits per heavy atom. The Morgan fingerprint density at radius 3 is 2.73 bits per heavy atom. The van der Waals surface area contributed by atoms with Gasteiger partial charge in [0.1, 0.15) is 5.69 Å². The second-order valence-electron chi connectivity index (χ2n) is 8.33. The summed E-state index contributed by atoms with van der Waals surface area (Å²) in [4.78, 5) is 8.11. The molecule has 0 bridgehead atoms. The van der Waals surface area contributed by atoms with Crippen LogP contribution in [-0.2, 0) is 6.18 Å². The van der Waals surface area contributed by atoms with Crippen LogP contribution in [0.5, 0.6) is 0 Å². The highest BCUT2D eigenvalue weighted by Crippen LogP contribution is 2.35. The fourth-order valence-electron chi connectivity index (χ4n) is 4.24. The number of nitrogens with zero attached hydrogens (tertiary/aromatic N) is 3. The number of nitriles is 1. The van der Waals surface area contributed by atoms with Crippen molar-refractivity contribution in [2.45, 2.75) is 50.9 Å². The van der Waals surface area contributed by atoms with Crippen molar-refractivity contribution in [2.24, 2.45) is 4.99 Å². The summed E-state index contributed by atoms with van der Waals surface area (Å²) in [5, 5.41) is 25.8. The second-order valence-corrected chi connectivity index (χ2v) is 8.33. The SMILES string of the molecule is Cc1ccc2nc(C(F)(F)F)cc(N[C@H]3CCCC(N=C([O-])c4ccccc4C#N)C3)c2c1. The molecule has 1 aliphatic rings. The lowest BCUT2D eigenvalue weighted by molar-refractivity contribution is -0.213. The average Bonchev–Trinajstić information content (AvgIpc) is 2.78. The van der Waals surface area contributed by atoms with Crippen molar-refractivity contribution in [3.05, 3.63) is 70.9 Å². The predicted octanol–water partition coefficient (Wildman–Crippen LogP) is 4.96. The molecule has 0 amide bonds. The number of pyridine rings is 1. The van der Waals surface area contributed by atoms with Gasteiger partial charge >= 0.3 is 6.18 Å². The largest absolute Gasteiger partial charge is 0.858 e. The summed E-state index contributed by atoms with van der Waals surface area (Å²) in [7, 11) is 0. The monoisotopic (exact) mass is 451 g/mol. The van der Waals surface area contributed by atoms with Crippen molar-refractivity contribution < 1.29 is 18.3 Å². The van der Waals surface area contributed by atoms with Gasteiger partial charge in [0, 0.05) is 22.7 Å². The van der Waals surface area contributed by atoms with Crippen LogP contribution in [0.3, 0.4) is 0 Å². The highest BCUT2D eigenvalue weighted by Gasteiger charge is 2.34. The summed E-state index contributed by atoms with van der Waals surface area (Å²) >= 11 is 0. The average molecular weight is 451 g/mol. The molecule has 0 saturated heterocycles. The van der Waals surface area contributed by atoms with E-state index in [9.17, 15) is 23.5 Å². The van der Waals surface area contributed by atoms with Crippen molar-refractivity contribution in [1.82, 2.24) is 4.98 Å². The highest BCUT2D eigenvalue weighted by atomic mass is 19.4. The number of alkyl halides is 3. The first-order chi connectivity index (χ1) is 15.7. The summed E-state index contributed by atoms with van der Waals surface area (Å²) in [6, 6.07) is 14.3. The first-order valence-electron chi connectivity index (χ1n) is 10.7. The van der Waals surface area contributed by atoms with Gasteiger partial charge in [-0.25, -0.2) is 4.98 Å². The van der Waals surface area contributed by atoms with E-state index in [2.05, 4.69) is 15.3 Å². The third kappa shape index (κ3) is 5.08. The van der Waals surface area contributed by atoms with Gasteiger partial charge in [0.05, 0.1) is 23.2 Å². The fourth-order valence-corrected chi connectivity index (χ4v) is 4.24. The Labute approximate surface area is 189 Å². The Balaban J connectivity index is 1.60. The van der Waals surface area contributed by atoms with Gasteiger partial charge in [0.2, 0.25) is 0 Å². The minimum atomic E-state index is -4.56. The molecular formula is C25H22F3N4O-. The van der Waals surface area contributed by atoms with Crippen LogP contribution in [0.4, 0.5) is 18.9 Å². The number of nitrogens with one attached hydrogen (secondary N) is 1. The molecule has 1 fully saturated rings. The van der Waals surface area contributed by atoms with Crippen LogP contribution >= 0.6 is 0 Å². The summed E-state index contributed by atoms with van der Waals surface area (Å²) < 4.78 is 40.2. The maximum atomic E-state index is 13.4. The molecule has 0 radical (unpaired) electrons. The maximum absolute atomic E-state index is 13.4. The zero-order chi connectivity index (χ0) is 23.6. The molecule has 1 aliphatic carbocycles. The Bertz CT molecular complexity index is 1250. The lowest BCUT2D eigenvalue weighted by Gasteiger charge is -2.30. The maximum Gasteiger partial charge on any atom is 0.433 e. The third-order valence-corrected chi connectivity index (χ3v) is 5.84. The van der Waals surface area contributed by atoms with Crippen molar-refractivity contribution in [3.8, 4) is 6.07 Å². The van der Waals surface area contributed by atoms with E-state index in [0.717, 1.165) is 24.5 Å². The van der Waals surface area contributed by atoms with E-state index in [1.165, 1.54) is 0 Å². The van der Waals surface area contributed by atoms with E-state index in [4.69, 9.17) is 0 Å². The van der Waals surface area contributed by atoms with E-state index < -0.39 is 17.8 Å². The number of benzene rings is 2. The van der Waals surface area contributed by atoms with E-state index in [-0.39, 0.29) is 28.7 Å². The molecule has 1 heterocycles. The fraction of sp³-hybridized carbons (Fsp3) is 0.320. The minimum absolute atomic E-state index is 0.140. The van der Waals surface area contributed by atoms with Gasteiger partial charge in [0.25, 0.3) is 0 Å². The Kier molecular flexibility index (Phi) is 6.23.